The van der Waals surface area contributed by atoms with Gasteiger partial charge in [-0.2, -0.15) is 0 Å². The van der Waals surface area contributed by atoms with Crippen LogP contribution in [0.2, 0.25) is 0 Å². The van der Waals surface area contributed by atoms with E-state index < -0.39 is 0 Å². The lowest BCUT2D eigenvalue weighted by atomic mass is 10.1. The highest BCUT2D eigenvalue weighted by Crippen LogP contribution is 2.35. The summed E-state index contributed by atoms with van der Waals surface area (Å²) < 4.78 is 5.43. The summed E-state index contributed by atoms with van der Waals surface area (Å²) in [7, 11) is 1.68. The van der Waals surface area contributed by atoms with Gasteiger partial charge in [-0.25, -0.2) is 0 Å². The van der Waals surface area contributed by atoms with Crippen molar-refractivity contribution in [1.29, 1.82) is 0 Å². The number of piperidine rings is 1. The van der Waals surface area contributed by atoms with Crippen molar-refractivity contribution in [3.05, 3.63) is 0 Å². The molecule has 4 heteroatoms. The zero-order chi connectivity index (χ0) is 13.9. The van der Waals surface area contributed by atoms with Gasteiger partial charge in [0.2, 0.25) is 0 Å². The van der Waals surface area contributed by atoms with E-state index in [1.807, 2.05) is 0 Å². The molecule has 2 aliphatic heterocycles. The fourth-order valence-electron chi connectivity index (χ4n) is 3.76. The highest BCUT2D eigenvalue weighted by molar-refractivity contribution is 5.82. The molecule has 4 nitrogen and oxygen atoms in total. The van der Waals surface area contributed by atoms with Gasteiger partial charge >= 0.3 is 0 Å². The molecule has 3 aliphatic rings. The molecule has 1 saturated carbocycles. The molecular weight excluding hydrogens is 252 g/mol. The van der Waals surface area contributed by atoms with E-state index in [0.29, 0.717) is 11.8 Å². The second-order valence-electron chi connectivity index (χ2n) is 6.79. The van der Waals surface area contributed by atoms with Crippen LogP contribution in [0.1, 0.15) is 38.5 Å². The molecule has 2 heterocycles. The molecular formula is C16H28N2O2. The summed E-state index contributed by atoms with van der Waals surface area (Å²) in [5.74, 6) is 1.42. The summed E-state index contributed by atoms with van der Waals surface area (Å²) in [6, 6.07) is 0. The van der Waals surface area contributed by atoms with Crippen LogP contribution in [0.5, 0.6) is 0 Å². The third-order valence-electron chi connectivity index (χ3n) is 5.11. The molecule has 0 aromatic carbocycles. The first-order valence-electron chi connectivity index (χ1n) is 8.32. The van der Waals surface area contributed by atoms with Crippen LogP contribution in [0.15, 0.2) is 0 Å². The first-order valence-corrected chi connectivity index (χ1v) is 8.32. The third kappa shape index (κ3) is 3.34. The number of likely N-dealkylation sites (tertiary alicyclic amines) is 2. The molecule has 0 radical (unpaired) electrons. The molecule has 2 saturated heterocycles. The fraction of sp³-hybridized carbons (Fsp3) is 0.938. The maximum Gasteiger partial charge on any atom is 0.251 e. The van der Waals surface area contributed by atoms with Gasteiger partial charge in [0.1, 0.15) is 6.10 Å². The van der Waals surface area contributed by atoms with Crippen LogP contribution in [-0.4, -0.2) is 61.6 Å². The summed E-state index contributed by atoms with van der Waals surface area (Å²) in [6.45, 7) is 5.58. The first-order chi connectivity index (χ1) is 9.78. The number of amides is 1. The Labute approximate surface area is 122 Å². The molecule has 20 heavy (non-hydrogen) atoms. The number of carbonyl (C=O) groups is 1. The number of nitrogens with zero attached hydrogens (tertiary/aromatic N) is 2. The van der Waals surface area contributed by atoms with Crippen molar-refractivity contribution in [2.24, 2.45) is 11.8 Å². The smallest absolute Gasteiger partial charge is 0.251 e. The number of methoxy groups -OCH3 is 1. The number of rotatable bonds is 5. The normalized spacial score (nSPS) is 29.6. The number of hydrogen-bond donors (Lipinski definition) is 0. The summed E-state index contributed by atoms with van der Waals surface area (Å²) >= 11 is 0. The molecule has 0 spiro atoms. The van der Waals surface area contributed by atoms with Crippen molar-refractivity contribution in [1.82, 2.24) is 9.80 Å². The molecule has 1 amide bonds. The van der Waals surface area contributed by atoms with Crippen molar-refractivity contribution in [2.45, 2.75) is 44.6 Å². The van der Waals surface area contributed by atoms with Crippen LogP contribution in [-0.2, 0) is 9.53 Å². The molecule has 0 aromatic heterocycles. The quantitative estimate of drug-likeness (QED) is 0.769. The lowest BCUT2D eigenvalue weighted by Gasteiger charge is -2.29. The van der Waals surface area contributed by atoms with Gasteiger partial charge in [-0.05, 0) is 57.0 Å². The molecule has 2 atom stereocenters. The van der Waals surface area contributed by atoms with E-state index in [1.165, 1.54) is 45.3 Å². The van der Waals surface area contributed by atoms with Gasteiger partial charge in [0.15, 0.2) is 0 Å². The zero-order valence-corrected chi connectivity index (χ0v) is 12.7. The molecule has 3 rings (SSSR count). The second-order valence-corrected chi connectivity index (χ2v) is 6.79. The molecule has 0 unspecified atom stereocenters. The van der Waals surface area contributed by atoms with Gasteiger partial charge in [0, 0.05) is 26.7 Å². The number of carbonyl (C=O) groups excluding carboxylic acids is 1. The van der Waals surface area contributed by atoms with E-state index in [4.69, 9.17) is 4.74 Å². The SMILES string of the molecule is CO[C@H](C(=O)N1CC[C@@H](CN2CCCCC2)C1)C1CC1. The Hall–Kier alpha value is -0.610. The minimum atomic E-state index is -0.163. The van der Waals surface area contributed by atoms with E-state index in [9.17, 15) is 4.79 Å². The van der Waals surface area contributed by atoms with Gasteiger partial charge in [-0.3, -0.25) is 4.79 Å². The minimum absolute atomic E-state index is 0.163. The van der Waals surface area contributed by atoms with Gasteiger partial charge in [0.05, 0.1) is 0 Å². The lowest BCUT2D eigenvalue weighted by Crippen LogP contribution is -2.41. The standard InChI is InChI=1S/C16H28N2O2/c1-20-15(14-5-6-14)16(19)18-10-7-13(12-18)11-17-8-3-2-4-9-17/h13-15H,2-12H2,1H3/t13-,15-/m0/s1. The van der Waals surface area contributed by atoms with E-state index in [0.717, 1.165) is 25.9 Å². The Morgan fingerprint density at radius 1 is 1.15 bits per heavy atom. The summed E-state index contributed by atoms with van der Waals surface area (Å²) in [6.07, 6.45) is 7.42. The first kappa shape index (κ1) is 14.3. The topological polar surface area (TPSA) is 32.8 Å². The Balaban J connectivity index is 1.47. The van der Waals surface area contributed by atoms with Crippen molar-refractivity contribution in [3.8, 4) is 0 Å². The number of hydrogen-bond acceptors (Lipinski definition) is 3. The predicted molar refractivity (Wildman–Crippen MR) is 78.5 cm³/mol. The molecule has 0 N–H and O–H groups in total. The van der Waals surface area contributed by atoms with E-state index in [2.05, 4.69) is 9.80 Å². The lowest BCUT2D eigenvalue weighted by molar-refractivity contribution is -0.142. The zero-order valence-electron chi connectivity index (χ0n) is 12.7. The monoisotopic (exact) mass is 280 g/mol. The summed E-state index contributed by atoms with van der Waals surface area (Å²) in [5, 5.41) is 0. The van der Waals surface area contributed by atoms with Crippen LogP contribution in [0, 0.1) is 11.8 Å². The summed E-state index contributed by atoms with van der Waals surface area (Å²) in [5.41, 5.74) is 0. The number of ether oxygens (including phenoxy) is 1. The third-order valence-corrected chi connectivity index (χ3v) is 5.11. The van der Waals surface area contributed by atoms with Gasteiger partial charge in [0.25, 0.3) is 5.91 Å². The Kier molecular flexibility index (Phi) is 4.61. The fourth-order valence-corrected chi connectivity index (χ4v) is 3.76. The van der Waals surface area contributed by atoms with Crippen molar-refractivity contribution in [2.75, 3.05) is 39.8 Å². The Morgan fingerprint density at radius 3 is 2.55 bits per heavy atom. The van der Waals surface area contributed by atoms with Crippen LogP contribution < -0.4 is 0 Å². The Bertz CT molecular complexity index is 337. The van der Waals surface area contributed by atoms with Crippen LogP contribution in [0.25, 0.3) is 0 Å². The van der Waals surface area contributed by atoms with Crippen molar-refractivity contribution < 1.29 is 9.53 Å². The van der Waals surface area contributed by atoms with Gasteiger partial charge < -0.3 is 14.5 Å². The van der Waals surface area contributed by atoms with Crippen molar-refractivity contribution in [3.63, 3.8) is 0 Å². The molecule has 114 valence electrons. The minimum Gasteiger partial charge on any atom is -0.371 e. The predicted octanol–water partition coefficient (Wildman–Crippen LogP) is 1.75. The molecule has 0 bridgehead atoms. The van der Waals surface area contributed by atoms with Crippen LogP contribution in [0.4, 0.5) is 0 Å². The average molecular weight is 280 g/mol. The maximum atomic E-state index is 12.5. The van der Waals surface area contributed by atoms with Gasteiger partial charge in [-0.15, -0.1) is 0 Å². The Morgan fingerprint density at radius 2 is 1.90 bits per heavy atom. The highest BCUT2D eigenvalue weighted by Gasteiger charge is 2.40. The highest BCUT2D eigenvalue weighted by atomic mass is 16.5. The second kappa shape index (κ2) is 6.44. The maximum absolute atomic E-state index is 12.5. The molecule has 0 aromatic rings. The molecule has 1 aliphatic carbocycles. The van der Waals surface area contributed by atoms with Crippen molar-refractivity contribution >= 4 is 5.91 Å². The average Bonchev–Trinajstić information content (AvgIpc) is 3.19. The van der Waals surface area contributed by atoms with Crippen LogP contribution >= 0.6 is 0 Å². The summed E-state index contributed by atoms with van der Waals surface area (Å²) in [4.78, 5) is 17.1. The van der Waals surface area contributed by atoms with Crippen LogP contribution in [0.3, 0.4) is 0 Å². The van der Waals surface area contributed by atoms with E-state index in [-0.39, 0.29) is 12.0 Å². The molecule has 3 fully saturated rings. The van der Waals surface area contributed by atoms with E-state index >= 15 is 0 Å². The largest absolute Gasteiger partial charge is 0.371 e. The van der Waals surface area contributed by atoms with E-state index in [1.54, 1.807) is 7.11 Å². The van der Waals surface area contributed by atoms with Gasteiger partial charge in [-0.1, -0.05) is 6.42 Å².